The van der Waals surface area contributed by atoms with Crippen LogP contribution in [0.2, 0.25) is 0 Å². The summed E-state index contributed by atoms with van der Waals surface area (Å²) in [5, 5.41) is 0. The van der Waals surface area contributed by atoms with E-state index in [4.69, 9.17) is 14.2 Å². The highest BCUT2D eigenvalue weighted by molar-refractivity contribution is 5.34. The Morgan fingerprint density at radius 2 is 2.19 bits per heavy atom. The number of epoxide rings is 1. The molecule has 1 aliphatic rings. The Morgan fingerprint density at radius 1 is 1.44 bits per heavy atom. The van der Waals surface area contributed by atoms with E-state index in [1.54, 1.807) is 7.11 Å². The maximum Gasteiger partial charge on any atom is 0.149 e. The summed E-state index contributed by atoms with van der Waals surface area (Å²) in [5.74, 6) is 6.12. The maximum absolute atomic E-state index is 5.42. The van der Waals surface area contributed by atoms with E-state index in [2.05, 4.69) is 11.8 Å². The van der Waals surface area contributed by atoms with Gasteiger partial charge in [-0.3, -0.25) is 0 Å². The van der Waals surface area contributed by atoms with Crippen LogP contribution in [0.3, 0.4) is 0 Å². The monoisotopic (exact) mass is 218 g/mol. The zero-order valence-corrected chi connectivity index (χ0v) is 9.18. The van der Waals surface area contributed by atoms with Crippen LogP contribution in [-0.2, 0) is 14.2 Å². The number of rotatable bonds is 4. The number of ether oxygens (including phenoxy) is 3. The van der Waals surface area contributed by atoms with Gasteiger partial charge in [0.05, 0.1) is 6.61 Å². The molecule has 0 aromatic heterocycles. The Kier molecular flexibility index (Phi) is 3.95. The second-order valence-corrected chi connectivity index (χ2v) is 3.50. The van der Waals surface area contributed by atoms with Crippen molar-refractivity contribution in [2.24, 2.45) is 0 Å². The van der Waals surface area contributed by atoms with Crippen molar-refractivity contribution in [2.75, 3.05) is 20.5 Å². The molecule has 2 rings (SSSR count). The van der Waals surface area contributed by atoms with Gasteiger partial charge in [-0.05, 0) is 12.1 Å². The molecule has 0 bridgehead atoms. The molecule has 1 fully saturated rings. The average molecular weight is 218 g/mol. The van der Waals surface area contributed by atoms with Gasteiger partial charge in [-0.25, -0.2) is 0 Å². The molecule has 1 heterocycles. The van der Waals surface area contributed by atoms with Crippen LogP contribution in [0.5, 0.6) is 0 Å². The van der Waals surface area contributed by atoms with Crippen molar-refractivity contribution in [1.82, 2.24) is 0 Å². The largest absolute Gasteiger partial charge is 0.369 e. The van der Waals surface area contributed by atoms with Crippen LogP contribution >= 0.6 is 0 Å². The second-order valence-electron chi connectivity index (χ2n) is 3.50. The standard InChI is InChI=1S/C13H14O3/c1-14-10-16-12(13-9-15-13)8-7-11-5-3-2-4-6-11/h2-6,12-13H,9-10H2,1H3/t12-,13-/m0/s1. The normalized spacial score (nSPS) is 19.7. The first-order valence-electron chi connectivity index (χ1n) is 5.19. The SMILES string of the molecule is COCO[C@@H](C#Cc1ccccc1)[C@@H]1CO1. The van der Waals surface area contributed by atoms with Crippen molar-refractivity contribution >= 4 is 0 Å². The molecule has 0 amide bonds. The van der Waals surface area contributed by atoms with E-state index in [1.165, 1.54) is 0 Å². The molecule has 3 heteroatoms. The third kappa shape index (κ3) is 3.35. The van der Waals surface area contributed by atoms with Crippen LogP contribution in [-0.4, -0.2) is 32.7 Å². The first-order valence-corrected chi connectivity index (χ1v) is 5.19. The van der Waals surface area contributed by atoms with Gasteiger partial charge in [0, 0.05) is 12.7 Å². The van der Waals surface area contributed by atoms with Gasteiger partial charge in [0.1, 0.15) is 19.0 Å². The highest BCUT2D eigenvalue weighted by Gasteiger charge is 2.32. The molecular weight excluding hydrogens is 204 g/mol. The van der Waals surface area contributed by atoms with Crippen LogP contribution in [0.4, 0.5) is 0 Å². The molecule has 1 aliphatic heterocycles. The summed E-state index contributed by atoms with van der Waals surface area (Å²) in [6.45, 7) is 0.964. The lowest BCUT2D eigenvalue weighted by molar-refractivity contribution is -0.0591. The predicted octanol–water partition coefficient (Wildman–Crippen LogP) is 1.43. The molecule has 0 saturated carbocycles. The minimum atomic E-state index is -0.194. The van der Waals surface area contributed by atoms with Crippen LogP contribution in [0.15, 0.2) is 30.3 Å². The summed E-state index contributed by atoms with van der Waals surface area (Å²) >= 11 is 0. The number of methoxy groups -OCH3 is 1. The quantitative estimate of drug-likeness (QED) is 0.435. The molecular formula is C13H14O3. The zero-order chi connectivity index (χ0) is 11.2. The summed E-state index contributed by atoms with van der Waals surface area (Å²) in [7, 11) is 1.59. The fourth-order valence-electron chi connectivity index (χ4n) is 1.29. The highest BCUT2D eigenvalue weighted by atomic mass is 16.7. The van der Waals surface area contributed by atoms with Crippen molar-refractivity contribution in [1.29, 1.82) is 0 Å². The number of benzene rings is 1. The lowest BCUT2D eigenvalue weighted by Crippen LogP contribution is -2.19. The van der Waals surface area contributed by atoms with Gasteiger partial charge in [-0.1, -0.05) is 30.0 Å². The smallest absolute Gasteiger partial charge is 0.149 e. The van der Waals surface area contributed by atoms with E-state index >= 15 is 0 Å². The summed E-state index contributed by atoms with van der Waals surface area (Å²) in [4.78, 5) is 0. The minimum absolute atomic E-state index is 0.103. The van der Waals surface area contributed by atoms with Gasteiger partial charge in [-0.2, -0.15) is 0 Å². The van der Waals surface area contributed by atoms with Crippen LogP contribution in [0, 0.1) is 11.8 Å². The predicted molar refractivity (Wildman–Crippen MR) is 59.8 cm³/mol. The first kappa shape index (κ1) is 11.2. The maximum atomic E-state index is 5.42. The van der Waals surface area contributed by atoms with Gasteiger partial charge in [0.25, 0.3) is 0 Å². The molecule has 3 nitrogen and oxygen atoms in total. The minimum Gasteiger partial charge on any atom is -0.369 e. The van der Waals surface area contributed by atoms with Gasteiger partial charge in [0.15, 0.2) is 0 Å². The zero-order valence-electron chi connectivity index (χ0n) is 9.18. The van der Waals surface area contributed by atoms with Gasteiger partial charge in [0.2, 0.25) is 0 Å². The molecule has 2 atom stereocenters. The van der Waals surface area contributed by atoms with Crippen molar-refractivity contribution in [3.8, 4) is 11.8 Å². The molecule has 0 N–H and O–H groups in total. The Morgan fingerprint density at radius 3 is 2.81 bits per heavy atom. The molecule has 0 unspecified atom stereocenters. The van der Waals surface area contributed by atoms with Crippen molar-refractivity contribution < 1.29 is 14.2 Å². The van der Waals surface area contributed by atoms with E-state index in [0.717, 1.165) is 12.2 Å². The number of hydrogen-bond donors (Lipinski definition) is 0. The third-order valence-electron chi connectivity index (χ3n) is 2.19. The molecule has 1 aromatic carbocycles. The van der Waals surface area contributed by atoms with E-state index in [1.807, 2.05) is 30.3 Å². The Bertz CT molecular complexity index is 373. The van der Waals surface area contributed by atoms with E-state index in [-0.39, 0.29) is 19.0 Å². The molecule has 1 aromatic rings. The Labute approximate surface area is 95.3 Å². The lowest BCUT2D eigenvalue weighted by atomic mass is 10.2. The molecule has 16 heavy (non-hydrogen) atoms. The van der Waals surface area contributed by atoms with Gasteiger partial charge < -0.3 is 14.2 Å². The van der Waals surface area contributed by atoms with Crippen molar-refractivity contribution in [2.45, 2.75) is 12.2 Å². The van der Waals surface area contributed by atoms with E-state index < -0.39 is 0 Å². The summed E-state index contributed by atoms with van der Waals surface area (Å²) in [6.07, 6.45) is -0.0912. The summed E-state index contributed by atoms with van der Waals surface area (Å²) < 4.78 is 15.4. The average Bonchev–Trinajstić information content (AvgIpc) is 3.15. The highest BCUT2D eigenvalue weighted by Crippen LogP contribution is 2.16. The fraction of sp³-hybridized carbons (Fsp3) is 0.385. The summed E-state index contributed by atoms with van der Waals surface area (Å²) in [6, 6.07) is 9.82. The first-order chi connectivity index (χ1) is 7.90. The van der Waals surface area contributed by atoms with Crippen LogP contribution < -0.4 is 0 Å². The second kappa shape index (κ2) is 5.66. The van der Waals surface area contributed by atoms with Crippen LogP contribution in [0.25, 0.3) is 0 Å². The molecule has 0 radical (unpaired) electrons. The molecule has 84 valence electrons. The van der Waals surface area contributed by atoms with Crippen LogP contribution in [0.1, 0.15) is 5.56 Å². The lowest BCUT2D eigenvalue weighted by Gasteiger charge is -2.07. The molecule has 1 saturated heterocycles. The van der Waals surface area contributed by atoms with E-state index in [9.17, 15) is 0 Å². The number of hydrogen-bond acceptors (Lipinski definition) is 3. The third-order valence-corrected chi connectivity index (χ3v) is 2.19. The molecule has 0 spiro atoms. The summed E-state index contributed by atoms with van der Waals surface area (Å²) in [5.41, 5.74) is 0.981. The molecule has 0 aliphatic carbocycles. The topological polar surface area (TPSA) is 31.0 Å². The van der Waals surface area contributed by atoms with E-state index in [0.29, 0.717) is 0 Å². The van der Waals surface area contributed by atoms with Gasteiger partial charge in [-0.15, -0.1) is 0 Å². The van der Waals surface area contributed by atoms with Crippen molar-refractivity contribution in [3.63, 3.8) is 0 Å². The Balaban J connectivity index is 1.97. The van der Waals surface area contributed by atoms with Gasteiger partial charge >= 0.3 is 0 Å². The Hall–Kier alpha value is -1.34. The fourth-order valence-corrected chi connectivity index (χ4v) is 1.29. The van der Waals surface area contributed by atoms with Crippen molar-refractivity contribution in [3.05, 3.63) is 35.9 Å².